The number of nitrogens with zero attached hydrogens (tertiary/aromatic N) is 1. The third-order valence-electron chi connectivity index (χ3n) is 5.45. The zero-order chi connectivity index (χ0) is 13.1. The van der Waals surface area contributed by atoms with Crippen LogP contribution >= 0.6 is 0 Å². The maximum Gasteiger partial charge on any atom is 0.0331 e. The minimum absolute atomic E-state index is 0.344. The Morgan fingerprint density at radius 3 is 1.83 bits per heavy atom. The molecule has 0 bridgehead atoms. The van der Waals surface area contributed by atoms with E-state index >= 15 is 0 Å². The maximum absolute atomic E-state index is 6.22. The van der Waals surface area contributed by atoms with Crippen LogP contribution in [-0.2, 0) is 0 Å². The van der Waals surface area contributed by atoms with Gasteiger partial charge < -0.3 is 5.73 Å². The van der Waals surface area contributed by atoms with E-state index in [9.17, 15) is 0 Å². The van der Waals surface area contributed by atoms with Gasteiger partial charge in [0.05, 0.1) is 0 Å². The third kappa shape index (κ3) is 3.27. The molecule has 2 aliphatic rings. The number of piperidine rings is 1. The molecule has 0 spiro atoms. The van der Waals surface area contributed by atoms with E-state index < -0.39 is 0 Å². The van der Waals surface area contributed by atoms with Gasteiger partial charge in [0.25, 0.3) is 0 Å². The van der Waals surface area contributed by atoms with E-state index in [-0.39, 0.29) is 0 Å². The molecule has 2 N–H and O–H groups in total. The minimum atomic E-state index is 0.344. The number of nitrogens with two attached hydrogens (primary N) is 1. The van der Waals surface area contributed by atoms with Crippen molar-refractivity contribution in [2.75, 3.05) is 19.6 Å². The summed E-state index contributed by atoms with van der Waals surface area (Å²) in [5, 5.41) is 0. The van der Waals surface area contributed by atoms with E-state index in [1.165, 1.54) is 70.9 Å². The Labute approximate surface area is 113 Å². The Morgan fingerprint density at radius 1 is 0.833 bits per heavy atom. The van der Waals surface area contributed by atoms with Gasteiger partial charge in [-0.2, -0.15) is 0 Å². The first-order valence-electron chi connectivity index (χ1n) is 8.03. The van der Waals surface area contributed by atoms with Crippen LogP contribution in [0.1, 0.15) is 71.6 Å². The molecular formula is C16H32N2. The molecule has 0 aromatic heterocycles. The maximum atomic E-state index is 6.22. The molecule has 1 heterocycles. The summed E-state index contributed by atoms with van der Waals surface area (Å²) in [5.74, 6) is 0. The molecule has 1 aliphatic carbocycles. The van der Waals surface area contributed by atoms with Crippen LogP contribution in [0.15, 0.2) is 0 Å². The van der Waals surface area contributed by atoms with Crippen LogP contribution in [0.25, 0.3) is 0 Å². The van der Waals surface area contributed by atoms with Gasteiger partial charge in [0, 0.05) is 12.1 Å². The van der Waals surface area contributed by atoms with Crippen molar-refractivity contribution in [3.05, 3.63) is 0 Å². The fourth-order valence-corrected chi connectivity index (χ4v) is 3.80. The molecule has 2 nitrogen and oxygen atoms in total. The smallest absolute Gasteiger partial charge is 0.0331 e. The van der Waals surface area contributed by atoms with Crippen molar-refractivity contribution < 1.29 is 0 Å². The molecule has 1 aliphatic heterocycles. The zero-order valence-corrected chi connectivity index (χ0v) is 12.5. The van der Waals surface area contributed by atoms with Gasteiger partial charge in [-0.3, -0.25) is 4.90 Å². The van der Waals surface area contributed by atoms with Gasteiger partial charge in [0.1, 0.15) is 0 Å². The lowest BCUT2D eigenvalue weighted by Gasteiger charge is -2.49. The molecule has 0 amide bonds. The summed E-state index contributed by atoms with van der Waals surface area (Å²) in [5.41, 5.74) is 7.11. The van der Waals surface area contributed by atoms with Crippen LogP contribution in [0.5, 0.6) is 0 Å². The topological polar surface area (TPSA) is 29.3 Å². The van der Waals surface area contributed by atoms with Crippen LogP contribution < -0.4 is 5.73 Å². The second kappa shape index (κ2) is 5.92. The summed E-state index contributed by atoms with van der Waals surface area (Å²) in [6.07, 6.45) is 12.4. The van der Waals surface area contributed by atoms with Gasteiger partial charge in [0.2, 0.25) is 0 Å². The van der Waals surface area contributed by atoms with Crippen LogP contribution in [0.2, 0.25) is 0 Å². The summed E-state index contributed by atoms with van der Waals surface area (Å²) >= 11 is 0. The molecule has 0 aromatic rings. The quantitative estimate of drug-likeness (QED) is 0.814. The zero-order valence-electron chi connectivity index (χ0n) is 12.5. The second-order valence-electron chi connectivity index (χ2n) is 7.35. The van der Waals surface area contributed by atoms with Crippen LogP contribution in [0.3, 0.4) is 0 Å². The van der Waals surface area contributed by atoms with Crippen molar-refractivity contribution in [3.63, 3.8) is 0 Å². The first kappa shape index (κ1) is 14.3. The van der Waals surface area contributed by atoms with E-state index in [0.29, 0.717) is 11.0 Å². The number of rotatable bonds is 2. The van der Waals surface area contributed by atoms with Crippen molar-refractivity contribution in [3.8, 4) is 0 Å². The first-order chi connectivity index (χ1) is 8.58. The molecule has 0 atom stereocenters. The fraction of sp³-hybridized carbons (Fsp3) is 1.00. The van der Waals surface area contributed by atoms with E-state index in [1.807, 2.05) is 0 Å². The highest BCUT2D eigenvalue weighted by Crippen LogP contribution is 2.37. The molecule has 2 rings (SSSR count). The van der Waals surface area contributed by atoms with Gasteiger partial charge in [-0.25, -0.2) is 0 Å². The summed E-state index contributed by atoms with van der Waals surface area (Å²) in [6.45, 7) is 8.23. The van der Waals surface area contributed by atoms with Gasteiger partial charge >= 0.3 is 0 Å². The molecular weight excluding hydrogens is 220 g/mol. The van der Waals surface area contributed by atoms with Crippen LogP contribution in [-0.4, -0.2) is 30.1 Å². The molecule has 1 saturated carbocycles. The van der Waals surface area contributed by atoms with Gasteiger partial charge in [-0.1, -0.05) is 46.0 Å². The number of likely N-dealkylation sites (tertiary alicyclic amines) is 1. The average molecular weight is 252 g/mol. The molecule has 1 saturated heterocycles. The normalized spacial score (nSPS) is 29.5. The Balaban J connectivity index is 2.01. The molecule has 0 aromatic carbocycles. The van der Waals surface area contributed by atoms with Crippen molar-refractivity contribution in [2.45, 2.75) is 77.2 Å². The number of hydrogen-bond acceptors (Lipinski definition) is 2. The van der Waals surface area contributed by atoms with Gasteiger partial charge in [0.15, 0.2) is 0 Å². The highest BCUT2D eigenvalue weighted by molar-refractivity contribution is 4.95. The Kier molecular flexibility index (Phi) is 4.71. The first-order valence-corrected chi connectivity index (χ1v) is 8.03. The largest absolute Gasteiger partial charge is 0.329 e. The van der Waals surface area contributed by atoms with E-state index in [2.05, 4.69) is 18.7 Å². The summed E-state index contributed by atoms with van der Waals surface area (Å²) < 4.78 is 0. The highest BCUT2D eigenvalue weighted by atomic mass is 15.2. The SMILES string of the molecule is CC1(C)CCN(C2(CN)CCCCCCC2)CC1. The van der Waals surface area contributed by atoms with Crippen molar-refractivity contribution >= 4 is 0 Å². The standard InChI is InChI=1S/C16H32N2/c1-15(2)10-12-18(13-11-15)16(14-17)8-6-4-3-5-7-9-16/h3-14,17H2,1-2H3. The Bertz CT molecular complexity index is 242. The fourth-order valence-electron chi connectivity index (χ4n) is 3.80. The lowest BCUT2D eigenvalue weighted by atomic mass is 9.77. The van der Waals surface area contributed by atoms with E-state index in [4.69, 9.17) is 5.73 Å². The van der Waals surface area contributed by atoms with Gasteiger partial charge in [-0.15, -0.1) is 0 Å². The van der Waals surface area contributed by atoms with Crippen molar-refractivity contribution in [1.29, 1.82) is 0 Å². The second-order valence-corrected chi connectivity index (χ2v) is 7.35. The molecule has 0 unspecified atom stereocenters. The van der Waals surface area contributed by atoms with Crippen LogP contribution in [0.4, 0.5) is 0 Å². The molecule has 2 heteroatoms. The average Bonchev–Trinajstić information content (AvgIpc) is 2.30. The predicted octanol–water partition coefficient (Wildman–Crippen LogP) is 3.55. The van der Waals surface area contributed by atoms with Gasteiger partial charge in [-0.05, 0) is 44.2 Å². The third-order valence-corrected chi connectivity index (χ3v) is 5.45. The highest BCUT2D eigenvalue weighted by Gasteiger charge is 2.38. The molecule has 18 heavy (non-hydrogen) atoms. The van der Waals surface area contributed by atoms with E-state index in [0.717, 1.165) is 6.54 Å². The summed E-state index contributed by atoms with van der Waals surface area (Å²) in [4.78, 5) is 2.75. The Hall–Kier alpha value is -0.0800. The molecule has 106 valence electrons. The Morgan fingerprint density at radius 2 is 1.33 bits per heavy atom. The van der Waals surface area contributed by atoms with Crippen molar-refractivity contribution in [2.24, 2.45) is 11.1 Å². The summed E-state index contributed by atoms with van der Waals surface area (Å²) in [6, 6.07) is 0. The predicted molar refractivity (Wildman–Crippen MR) is 78.7 cm³/mol. The van der Waals surface area contributed by atoms with Crippen LogP contribution in [0, 0.1) is 5.41 Å². The lowest BCUT2D eigenvalue weighted by Crippen LogP contribution is -2.57. The summed E-state index contributed by atoms with van der Waals surface area (Å²) in [7, 11) is 0. The monoisotopic (exact) mass is 252 g/mol. The molecule has 2 fully saturated rings. The van der Waals surface area contributed by atoms with Crippen molar-refractivity contribution in [1.82, 2.24) is 4.90 Å². The lowest BCUT2D eigenvalue weighted by molar-refractivity contribution is 0.0158. The minimum Gasteiger partial charge on any atom is -0.329 e. The molecule has 0 radical (unpaired) electrons. The van der Waals surface area contributed by atoms with E-state index in [1.54, 1.807) is 0 Å². The number of hydrogen-bond donors (Lipinski definition) is 1.